The molecule has 1 heterocycles. The van der Waals surface area contributed by atoms with Gasteiger partial charge in [0.1, 0.15) is 18.1 Å². The number of nitrogens with one attached hydrogen (secondary N) is 1. The number of methoxy groups -OCH3 is 1. The van der Waals surface area contributed by atoms with Crippen molar-refractivity contribution in [2.75, 3.05) is 33.4 Å². The Labute approximate surface area is 171 Å². The van der Waals surface area contributed by atoms with E-state index in [0.29, 0.717) is 30.2 Å². The van der Waals surface area contributed by atoms with Gasteiger partial charge in [0.25, 0.3) is 11.8 Å². The van der Waals surface area contributed by atoms with Gasteiger partial charge in [-0.2, -0.15) is 0 Å². The summed E-state index contributed by atoms with van der Waals surface area (Å²) < 4.78 is 10.7. The van der Waals surface area contributed by atoms with Gasteiger partial charge in [0, 0.05) is 24.2 Å². The molecular formula is C23H28N2O4. The number of rotatable bonds is 7. The maximum Gasteiger partial charge on any atom is 0.253 e. The van der Waals surface area contributed by atoms with Gasteiger partial charge in [0.15, 0.2) is 0 Å². The van der Waals surface area contributed by atoms with Crippen LogP contribution in [0, 0.1) is 5.92 Å². The molecule has 1 fully saturated rings. The van der Waals surface area contributed by atoms with Crippen LogP contribution in [-0.2, 0) is 0 Å². The van der Waals surface area contributed by atoms with Gasteiger partial charge >= 0.3 is 0 Å². The second kappa shape index (κ2) is 9.96. The standard InChI is InChI=1S/C23H28N2O4/c1-17-4-3-14-25(16-17)23(27)19-7-5-18(6-8-19)22(26)24-13-15-29-21-11-9-20(28-2)10-12-21/h5-12,17H,3-4,13-16H2,1-2H3,(H,24,26). The fraction of sp³-hybridized carbons (Fsp3) is 0.391. The first-order valence-corrected chi connectivity index (χ1v) is 10.0. The number of likely N-dealkylation sites (tertiary alicyclic amines) is 1. The highest BCUT2D eigenvalue weighted by Gasteiger charge is 2.22. The summed E-state index contributed by atoms with van der Waals surface area (Å²) in [6, 6.07) is 14.1. The Kier molecular flexibility index (Phi) is 7.11. The van der Waals surface area contributed by atoms with Crippen molar-refractivity contribution in [3.05, 3.63) is 59.7 Å². The van der Waals surface area contributed by atoms with Crippen molar-refractivity contribution in [3.63, 3.8) is 0 Å². The summed E-state index contributed by atoms with van der Waals surface area (Å²) in [4.78, 5) is 26.8. The lowest BCUT2D eigenvalue weighted by Gasteiger charge is -2.31. The van der Waals surface area contributed by atoms with E-state index in [9.17, 15) is 9.59 Å². The number of amides is 2. The van der Waals surface area contributed by atoms with Gasteiger partial charge in [-0.3, -0.25) is 9.59 Å². The molecule has 1 atom stereocenters. The largest absolute Gasteiger partial charge is 0.497 e. The molecule has 0 radical (unpaired) electrons. The van der Waals surface area contributed by atoms with Gasteiger partial charge in [-0.25, -0.2) is 0 Å². The monoisotopic (exact) mass is 396 g/mol. The number of carbonyl (C=O) groups excluding carboxylic acids is 2. The highest BCUT2D eigenvalue weighted by Crippen LogP contribution is 2.18. The summed E-state index contributed by atoms with van der Waals surface area (Å²) in [6.45, 7) is 4.53. The molecular weight excluding hydrogens is 368 g/mol. The van der Waals surface area contributed by atoms with E-state index in [0.717, 1.165) is 31.0 Å². The number of hydrogen-bond acceptors (Lipinski definition) is 4. The number of ether oxygens (including phenoxy) is 2. The molecule has 1 saturated heterocycles. The second-order valence-electron chi connectivity index (χ2n) is 7.36. The SMILES string of the molecule is COc1ccc(OCCNC(=O)c2ccc(C(=O)N3CCCC(C)C3)cc2)cc1. The molecule has 0 aliphatic carbocycles. The number of carbonyl (C=O) groups is 2. The summed E-state index contributed by atoms with van der Waals surface area (Å²) in [5, 5.41) is 2.83. The molecule has 1 unspecified atom stereocenters. The Balaban J connectivity index is 1.45. The van der Waals surface area contributed by atoms with Crippen molar-refractivity contribution in [2.24, 2.45) is 5.92 Å². The van der Waals surface area contributed by atoms with Crippen LogP contribution in [0.2, 0.25) is 0 Å². The molecule has 0 aromatic heterocycles. The summed E-state index contributed by atoms with van der Waals surface area (Å²) in [5.74, 6) is 1.88. The Morgan fingerprint density at radius 2 is 1.69 bits per heavy atom. The average molecular weight is 396 g/mol. The number of benzene rings is 2. The summed E-state index contributed by atoms with van der Waals surface area (Å²) in [5.41, 5.74) is 1.15. The number of piperidine rings is 1. The van der Waals surface area contributed by atoms with Gasteiger partial charge in [-0.15, -0.1) is 0 Å². The second-order valence-corrected chi connectivity index (χ2v) is 7.36. The maximum atomic E-state index is 12.6. The van der Waals surface area contributed by atoms with E-state index in [2.05, 4.69) is 12.2 Å². The molecule has 1 aliphatic rings. The third-order valence-electron chi connectivity index (χ3n) is 5.05. The first kappa shape index (κ1) is 20.7. The van der Waals surface area contributed by atoms with Crippen LogP contribution >= 0.6 is 0 Å². The lowest BCUT2D eigenvalue weighted by molar-refractivity contribution is 0.0682. The first-order chi connectivity index (χ1) is 14.1. The predicted octanol–water partition coefficient (Wildman–Crippen LogP) is 3.38. The fourth-order valence-corrected chi connectivity index (χ4v) is 3.43. The molecule has 2 amide bonds. The molecule has 29 heavy (non-hydrogen) atoms. The van der Waals surface area contributed by atoms with Crippen molar-refractivity contribution >= 4 is 11.8 Å². The predicted molar refractivity (Wildman–Crippen MR) is 112 cm³/mol. The third-order valence-corrected chi connectivity index (χ3v) is 5.05. The van der Waals surface area contributed by atoms with Gasteiger partial charge in [-0.1, -0.05) is 6.92 Å². The number of nitrogens with zero attached hydrogens (tertiary/aromatic N) is 1. The van der Waals surface area contributed by atoms with E-state index < -0.39 is 0 Å². The minimum atomic E-state index is -0.186. The van der Waals surface area contributed by atoms with E-state index in [4.69, 9.17) is 9.47 Å². The maximum absolute atomic E-state index is 12.6. The van der Waals surface area contributed by atoms with Crippen molar-refractivity contribution in [1.82, 2.24) is 10.2 Å². The Morgan fingerprint density at radius 3 is 2.34 bits per heavy atom. The Hall–Kier alpha value is -3.02. The molecule has 6 nitrogen and oxygen atoms in total. The molecule has 6 heteroatoms. The topological polar surface area (TPSA) is 67.9 Å². The van der Waals surface area contributed by atoms with Crippen molar-refractivity contribution < 1.29 is 19.1 Å². The molecule has 1 N–H and O–H groups in total. The molecule has 1 aliphatic heterocycles. The zero-order chi connectivity index (χ0) is 20.6. The summed E-state index contributed by atoms with van der Waals surface area (Å²) >= 11 is 0. The lowest BCUT2D eigenvalue weighted by Crippen LogP contribution is -2.39. The van der Waals surface area contributed by atoms with Crippen LogP contribution in [-0.4, -0.2) is 50.1 Å². The van der Waals surface area contributed by atoms with E-state index in [1.165, 1.54) is 6.42 Å². The average Bonchev–Trinajstić information content (AvgIpc) is 2.76. The molecule has 0 spiro atoms. The van der Waals surface area contributed by atoms with Gasteiger partial charge in [-0.05, 0) is 67.3 Å². The van der Waals surface area contributed by atoms with Crippen molar-refractivity contribution in [2.45, 2.75) is 19.8 Å². The molecule has 2 aromatic rings. The van der Waals surface area contributed by atoms with E-state index in [1.54, 1.807) is 31.4 Å². The third kappa shape index (κ3) is 5.73. The summed E-state index contributed by atoms with van der Waals surface area (Å²) in [6.07, 6.45) is 2.22. The van der Waals surface area contributed by atoms with Crippen LogP contribution in [0.25, 0.3) is 0 Å². The quantitative estimate of drug-likeness (QED) is 0.729. The summed E-state index contributed by atoms with van der Waals surface area (Å²) in [7, 11) is 1.61. The normalized spacial score (nSPS) is 16.2. The van der Waals surface area contributed by atoms with Crippen molar-refractivity contribution in [3.8, 4) is 11.5 Å². The lowest BCUT2D eigenvalue weighted by atomic mass is 9.99. The van der Waals surface area contributed by atoms with E-state index >= 15 is 0 Å². The minimum absolute atomic E-state index is 0.0383. The minimum Gasteiger partial charge on any atom is -0.497 e. The van der Waals surface area contributed by atoms with Gasteiger partial charge < -0.3 is 19.7 Å². The van der Waals surface area contributed by atoms with E-state index in [-0.39, 0.29) is 11.8 Å². The highest BCUT2D eigenvalue weighted by molar-refractivity contribution is 5.97. The van der Waals surface area contributed by atoms with E-state index in [1.807, 2.05) is 29.2 Å². The Morgan fingerprint density at radius 1 is 1.03 bits per heavy atom. The molecule has 154 valence electrons. The van der Waals surface area contributed by atoms with Crippen LogP contribution in [0.5, 0.6) is 11.5 Å². The van der Waals surface area contributed by atoms with Crippen LogP contribution < -0.4 is 14.8 Å². The highest BCUT2D eigenvalue weighted by atomic mass is 16.5. The van der Waals surface area contributed by atoms with Gasteiger partial charge in [0.05, 0.1) is 13.7 Å². The number of hydrogen-bond donors (Lipinski definition) is 1. The van der Waals surface area contributed by atoms with Crippen LogP contribution in [0.4, 0.5) is 0 Å². The Bertz CT molecular complexity index is 818. The zero-order valence-electron chi connectivity index (χ0n) is 17.0. The first-order valence-electron chi connectivity index (χ1n) is 10.0. The van der Waals surface area contributed by atoms with Crippen LogP contribution in [0.15, 0.2) is 48.5 Å². The van der Waals surface area contributed by atoms with Gasteiger partial charge in [0.2, 0.25) is 0 Å². The molecule has 2 aromatic carbocycles. The van der Waals surface area contributed by atoms with Crippen molar-refractivity contribution in [1.29, 1.82) is 0 Å². The fourth-order valence-electron chi connectivity index (χ4n) is 3.43. The molecule has 0 bridgehead atoms. The molecule has 0 saturated carbocycles. The van der Waals surface area contributed by atoms with Crippen LogP contribution in [0.1, 0.15) is 40.5 Å². The molecule has 3 rings (SSSR count). The van der Waals surface area contributed by atoms with Crippen LogP contribution in [0.3, 0.4) is 0 Å². The zero-order valence-corrected chi connectivity index (χ0v) is 17.0. The smallest absolute Gasteiger partial charge is 0.253 e.